The molecule has 3 aromatic carbocycles. The summed E-state index contributed by atoms with van der Waals surface area (Å²) in [5.74, 6) is 0. The molecule has 1 heterocycles. The topological polar surface area (TPSA) is 45.2 Å². The van der Waals surface area contributed by atoms with Crippen LogP contribution in [0.3, 0.4) is 0 Å². The van der Waals surface area contributed by atoms with Crippen molar-refractivity contribution in [2.24, 2.45) is 0 Å². The molecule has 146 valence electrons. The van der Waals surface area contributed by atoms with Gasteiger partial charge in [0.15, 0.2) is 0 Å². The van der Waals surface area contributed by atoms with Crippen LogP contribution in [-0.2, 0) is 5.54 Å². The number of hydrogen-bond acceptors (Lipinski definition) is 4. The molecule has 0 fully saturated rings. The van der Waals surface area contributed by atoms with Gasteiger partial charge in [-0.2, -0.15) is 0 Å². The summed E-state index contributed by atoms with van der Waals surface area (Å²) in [5, 5.41) is 15.1. The number of aromatic nitrogens is 1. The number of rotatable bonds is 7. The number of thiazole rings is 1. The Morgan fingerprint density at radius 1 is 0.828 bits per heavy atom. The average molecular weight is 401 g/mol. The number of aliphatic hydroxyl groups excluding tert-OH is 1. The highest BCUT2D eigenvalue weighted by molar-refractivity contribution is 7.11. The first-order valence-corrected chi connectivity index (χ1v) is 10.5. The van der Waals surface area contributed by atoms with Crippen molar-refractivity contribution >= 4 is 11.3 Å². The highest BCUT2D eigenvalue weighted by Gasteiger charge is 2.38. The lowest BCUT2D eigenvalue weighted by Crippen LogP contribution is -2.47. The van der Waals surface area contributed by atoms with E-state index in [1.165, 1.54) is 0 Å². The van der Waals surface area contributed by atoms with Gasteiger partial charge < -0.3 is 5.11 Å². The minimum absolute atomic E-state index is 0.0180. The Hall–Kier alpha value is -2.79. The SMILES string of the molecule is Cc1ncc(C(CO)NC(c2ccccc2)(c2ccccc2)c2ccccc2)s1. The molecule has 0 aliphatic carbocycles. The number of benzene rings is 3. The van der Waals surface area contributed by atoms with Crippen LogP contribution in [0, 0.1) is 6.92 Å². The predicted octanol–water partition coefficient (Wildman–Crippen LogP) is 5.07. The van der Waals surface area contributed by atoms with Crippen LogP contribution in [0.15, 0.2) is 97.2 Å². The quantitative estimate of drug-likeness (QED) is 0.426. The van der Waals surface area contributed by atoms with E-state index in [0.717, 1.165) is 26.6 Å². The highest BCUT2D eigenvalue weighted by Crippen LogP contribution is 2.39. The van der Waals surface area contributed by atoms with Crippen LogP contribution >= 0.6 is 11.3 Å². The normalized spacial score (nSPS) is 12.6. The zero-order chi connectivity index (χ0) is 20.1. The standard InChI is InChI=1S/C25H24N2OS/c1-19-26-17-24(29-19)23(18-28)27-25(20-11-5-2-6-12-20,21-13-7-3-8-14-21)22-15-9-4-10-16-22/h2-17,23,27-28H,18H2,1H3. The Kier molecular flexibility index (Phi) is 5.86. The molecule has 1 atom stereocenters. The van der Waals surface area contributed by atoms with Crippen molar-refractivity contribution in [1.29, 1.82) is 0 Å². The Morgan fingerprint density at radius 2 is 1.28 bits per heavy atom. The lowest BCUT2D eigenvalue weighted by Gasteiger charge is -2.39. The molecule has 0 spiro atoms. The molecule has 0 aliphatic heterocycles. The molecule has 4 rings (SSSR count). The van der Waals surface area contributed by atoms with Gasteiger partial charge in [-0.15, -0.1) is 11.3 Å². The molecule has 0 saturated carbocycles. The predicted molar refractivity (Wildman–Crippen MR) is 119 cm³/mol. The smallest absolute Gasteiger partial charge is 0.0953 e. The van der Waals surface area contributed by atoms with E-state index in [2.05, 4.69) is 83.1 Å². The van der Waals surface area contributed by atoms with E-state index >= 15 is 0 Å². The van der Waals surface area contributed by atoms with Gasteiger partial charge in [-0.1, -0.05) is 91.0 Å². The minimum atomic E-state index is -0.616. The Bertz CT molecular complexity index is 935. The molecule has 3 nitrogen and oxygen atoms in total. The van der Waals surface area contributed by atoms with Crippen LogP contribution in [0.1, 0.15) is 32.6 Å². The zero-order valence-electron chi connectivity index (χ0n) is 16.3. The second kappa shape index (κ2) is 8.70. The fourth-order valence-electron chi connectivity index (χ4n) is 3.82. The molecule has 1 aromatic heterocycles. The Labute approximate surface area is 175 Å². The molecular formula is C25H24N2OS. The Balaban J connectivity index is 1.94. The second-order valence-electron chi connectivity index (χ2n) is 7.01. The van der Waals surface area contributed by atoms with Crippen LogP contribution in [-0.4, -0.2) is 16.7 Å². The van der Waals surface area contributed by atoms with E-state index in [0.29, 0.717) is 0 Å². The van der Waals surface area contributed by atoms with Gasteiger partial charge in [0.2, 0.25) is 0 Å². The highest BCUT2D eigenvalue weighted by atomic mass is 32.1. The van der Waals surface area contributed by atoms with Gasteiger partial charge >= 0.3 is 0 Å². The Morgan fingerprint density at radius 3 is 1.62 bits per heavy atom. The first kappa shape index (κ1) is 19.5. The molecule has 0 bridgehead atoms. The van der Waals surface area contributed by atoms with Crippen LogP contribution < -0.4 is 5.32 Å². The molecule has 29 heavy (non-hydrogen) atoms. The summed E-state index contributed by atoms with van der Waals surface area (Å²) in [6, 6.07) is 31.0. The third-order valence-corrected chi connectivity index (χ3v) is 6.20. The maximum absolute atomic E-state index is 10.3. The second-order valence-corrected chi connectivity index (χ2v) is 8.28. The van der Waals surface area contributed by atoms with E-state index in [1.807, 2.05) is 31.3 Å². The van der Waals surface area contributed by atoms with Gasteiger partial charge in [-0.25, -0.2) is 4.98 Å². The molecule has 0 aliphatic rings. The van der Waals surface area contributed by atoms with Gasteiger partial charge in [0.1, 0.15) is 0 Å². The van der Waals surface area contributed by atoms with Crippen LogP contribution in [0.5, 0.6) is 0 Å². The van der Waals surface area contributed by atoms with Crippen molar-refractivity contribution in [2.45, 2.75) is 18.5 Å². The van der Waals surface area contributed by atoms with Crippen molar-refractivity contribution in [2.75, 3.05) is 6.61 Å². The van der Waals surface area contributed by atoms with E-state index < -0.39 is 5.54 Å². The number of aliphatic hydroxyl groups is 1. The summed E-state index contributed by atoms with van der Waals surface area (Å²) < 4.78 is 0. The maximum atomic E-state index is 10.3. The molecule has 0 radical (unpaired) electrons. The molecule has 2 N–H and O–H groups in total. The van der Waals surface area contributed by atoms with Crippen LogP contribution in [0.25, 0.3) is 0 Å². The van der Waals surface area contributed by atoms with Gasteiger partial charge in [-0.05, 0) is 23.6 Å². The molecule has 0 amide bonds. The molecule has 4 heteroatoms. The first-order valence-electron chi connectivity index (χ1n) is 9.71. The van der Waals surface area contributed by atoms with Crippen molar-refractivity contribution in [1.82, 2.24) is 10.3 Å². The summed E-state index contributed by atoms with van der Waals surface area (Å²) in [7, 11) is 0. The van der Waals surface area contributed by atoms with Crippen molar-refractivity contribution in [3.63, 3.8) is 0 Å². The summed E-state index contributed by atoms with van der Waals surface area (Å²) in [6.07, 6.45) is 1.86. The monoisotopic (exact) mass is 400 g/mol. The zero-order valence-corrected chi connectivity index (χ0v) is 17.1. The van der Waals surface area contributed by atoms with Crippen molar-refractivity contribution in [3.8, 4) is 0 Å². The van der Waals surface area contributed by atoms with E-state index in [9.17, 15) is 5.11 Å². The molecule has 4 aromatic rings. The van der Waals surface area contributed by atoms with E-state index in [-0.39, 0.29) is 12.6 Å². The van der Waals surface area contributed by atoms with Crippen molar-refractivity contribution < 1.29 is 5.11 Å². The fraction of sp³-hybridized carbons (Fsp3) is 0.160. The first-order chi connectivity index (χ1) is 14.2. The minimum Gasteiger partial charge on any atom is -0.394 e. The van der Waals surface area contributed by atoms with E-state index in [1.54, 1.807) is 11.3 Å². The number of nitrogens with zero attached hydrogens (tertiary/aromatic N) is 1. The summed E-state index contributed by atoms with van der Waals surface area (Å²) in [5.41, 5.74) is 2.75. The lowest BCUT2D eigenvalue weighted by atomic mass is 9.76. The fourth-order valence-corrected chi connectivity index (χ4v) is 4.65. The van der Waals surface area contributed by atoms with Crippen LogP contribution in [0.2, 0.25) is 0 Å². The third-order valence-electron chi connectivity index (χ3n) is 5.18. The van der Waals surface area contributed by atoms with Gasteiger partial charge in [0, 0.05) is 11.1 Å². The van der Waals surface area contributed by atoms with Gasteiger partial charge in [0.05, 0.1) is 23.2 Å². The van der Waals surface area contributed by atoms with Gasteiger partial charge in [0.25, 0.3) is 0 Å². The summed E-state index contributed by atoms with van der Waals surface area (Å²) in [4.78, 5) is 5.43. The lowest BCUT2D eigenvalue weighted by molar-refractivity contribution is 0.225. The molecular weight excluding hydrogens is 376 g/mol. The van der Waals surface area contributed by atoms with Gasteiger partial charge in [-0.3, -0.25) is 5.32 Å². The number of nitrogens with one attached hydrogen (secondary N) is 1. The largest absolute Gasteiger partial charge is 0.394 e. The van der Waals surface area contributed by atoms with Crippen LogP contribution in [0.4, 0.5) is 0 Å². The number of hydrogen-bond donors (Lipinski definition) is 2. The van der Waals surface area contributed by atoms with E-state index in [4.69, 9.17) is 0 Å². The molecule has 1 unspecified atom stereocenters. The summed E-state index contributed by atoms with van der Waals surface area (Å²) in [6.45, 7) is 1.97. The third kappa shape index (κ3) is 3.87. The molecule has 0 saturated heterocycles. The summed E-state index contributed by atoms with van der Waals surface area (Å²) >= 11 is 1.61. The average Bonchev–Trinajstić information content (AvgIpc) is 3.23. The maximum Gasteiger partial charge on any atom is 0.0953 e. The number of aryl methyl sites for hydroxylation is 1. The van der Waals surface area contributed by atoms with Crippen molar-refractivity contribution in [3.05, 3.63) is 124 Å².